The predicted molar refractivity (Wildman–Crippen MR) is 79.7 cm³/mol. The fourth-order valence-corrected chi connectivity index (χ4v) is 3.75. The van der Waals surface area contributed by atoms with Crippen LogP contribution in [0.25, 0.3) is 0 Å². The molecule has 0 fully saturated rings. The highest BCUT2D eigenvalue weighted by atomic mass is 32.2. The maximum Gasteiger partial charge on any atom is 0.243 e. The molecule has 4 nitrogen and oxygen atoms in total. The lowest BCUT2D eigenvalue weighted by Gasteiger charge is -2.22. The Morgan fingerprint density at radius 2 is 1.63 bits per heavy atom. The van der Waals surface area contributed by atoms with Gasteiger partial charge in [-0.2, -0.15) is 4.31 Å². The Balaban J connectivity index is 3.25. The number of aryl methyl sites for hydroxylation is 1. The smallest absolute Gasteiger partial charge is 0.243 e. The first kappa shape index (κ1) is 16.0. The largest absolute Gasteiger partial charge is 0.398 e. The van der Waals surface area contributed by atoms with E-state index in [0.29, 0.717) is 23.7 Å². The number of nitrogens with two attached hydrogens (primary N) is 1. The zero-order chi connectivity index (χ0) is 14.6. The highest BCUT2D eigenvalue weighted by Crippen LogP contribution is 2.24. The first-order valence-electron chi connectivity index (χ1n) is 6.71. The molecule has 19 heavy (non-hydrogen) atoms. The number of nitrogen functional groups attached to an aromatic ring is 1. The second kappa shape index (κ2) is 6.39. The van der Waals surface area contributed by atoms with E-state index >= 15 is 0 Å². The Kier molecular flexibility index (Phi) is 5.38. The van der Waals surface area contributed by atoms with Crippen LogP contribution in [0.4, 0.5) is 5.69 Å². The lowest BCUT2D eigenvalue weighted by molar-refractivity contribution is 0.410. The van der Waals surface area contributed by atoms with E-state index in [1.54, 1.807) is 12.1 Å². The zero-order valence-corrected chi connectivity index (χ0v) is 13.0. The van der Waals surface area contributed by atoms with Gasteiger partial charge in [-0.1, -0.05) is 13.8 Å². The molecule has 0 bridgehead atoms. The normalized spacial score (nSPS) is 12.1. The predicted octanol–water partition coefficient (Wildman–Crippen LogP) is 2.70. The van der Waals surface area contributed by atoms with Crippen LogP contribution in [0.2, 0.25) is 0 Å². The Hall–Kier alpha value is -1.07. The lowest BCUT2D eigenvalue weighted by Crippen LogP contribution is -2.32. The van der Waals surface area contributed by atoms with Crippen molar-refractivity contribution in [1.29, 1.82) is 0 Å². The average molecular weight is 284 g/mol. The van der Waals surface area contributed by atoms with Crippen LogP contribution in [0.3, 0.4) is 0 Å². The van der Waals surface area contributed by atoms with Gasteiger partial charge in [-0.05, 0) is 49.9 Å². The summed E-state index contributed by atoms with van der Waals surface area (Å²) in [6.45, 7) is 8.83. The van der Waals surface area contributed by atoms with Gasteiger partial charge < -0.3 is 5.73 Å². The number of rotatable bonds is 6. The van der Waals surface area contributed by atoms with Crippen molar-refractivity contribution >= 4 is 15.7 Å². The van der Waals surface area contributed by atoms with Crippen LogP contribution >= 0.6 is 0 Å². The van der Waals surface area contributed by atoms with Crippen LogP contribution < -0.4 is 5.73 Å². The molecule has 0 saturated carbocycles. The number of hydrogen-bond donors (Lipinski definition) is 1. The van der Waals surface area contributed by atoms with E-state index in [1.807, 2.05) is 27.7 Å². The number of sulfonamides is 1. The van der Waals surface area contributed by atoms with Gasteiger partial charge in [0.2, 0.25) is 10.0 Å². The van der Waals surface area contributed by atoms with Gasteiger partial charge in [-0.3, -0.25) is 0 Å². The minimum Gasteiger partial charge on any atom is -0.398 e. The summed E-state index contributed by atoms with van der Waals surface area (Å²) in [4.78, 5) is 0.301. The van der Waals surface area contributed by atoms with Gasteiger partial charge in [0.1, 0.15) is 0 Å². The van der Waals surface area contributed by atoms with Gasteiger partial charge in [0.25, 0.3) is 0 Å². The molecule has 1 aromatic carbocycles. The maximum absolute atomic E-state index is 12.6. The van der Waals surface area contributed by atoms with Gasteiger partial charge in [-0.15, -0.1) is 0 Å². The number of nitrogens with zero attached hydrogens (tertiary/aromatic N) is 1. The topological polar surface area (TPSA) is 63.4 Å². The molecule has 0 radical (unpaired) electrons. The van der Waals surface area contributed by atoms with E-state index in [0.717, 1.165) is 24.0 Å². The second-order valence-corrected chi connectivity index (χ2v) is 6.80. The van der Waals surface area contributed by atoms with Crippen molar-refractivity contribution in [3.63, 3.8) is 0 Å². The molecular formula is C14H24N2O2S. The van der Waals surface area contributed by atoms with Crippen LogP contribution in [0.1, 0.15) is 37.8 Å². The molecule has 0 spiro atoms. The Morgan fingerprint density at radius 3 is 2.05 bits per heavy atom. The molecule has 0 heterocycles. The van der Waals surface area contributed by atoms with Crippen molar-refractivity contribution in [3.8, 4) is 0 Å². The third-order valence-corrected chi connectivity index (χ3v) is 5.14. The molecule has 0 aliphatic carbocycles. The first-order chi connectivity index (χ1) is 8.84. The standard InChI is InChI=1S/C14H24N2O2S/c1-5-7-16(8-6-2)19(17,18)13-9-11(3)12(4)14(15)10-13/h9-10H,5-8,15H2,1-4H3. The zero-order valence-electron chi connectivity index (χ0n) is 12.2. The third kappa shape index (κ3) is 3.48. The molecule has 0 saturated heterocycles. The molecule has 5 heteroatoms. The van der Waals surface area contributed by atoms with E-state index in [4.69, 9.17) is 5.73 Å². The van der Waals surface area contributed by atoms with Crippen molar-refractivity contribution < 1.29 is 8.42 Å². The third-order valence-electron chi connectivity index (χ3n) is 3.26. The number of anilines is 1. The Morgan fingerprint density at radius 1 is 1.11 bits per heavy atom. The minimum atomic E-state index is -3.43. The summed E-state index contributed by atoms with van der Waals surface area (Å²) >= 11 is 0. The summed E-state index contributed by atoms with van der Waals surface area (Å²) < 4.78 is 26.7. The molecule has 1 rings (SSSR count). The summed E-state index contributed by atoms with van der Waals surface area (Å²) in [5.41, 5.74) is 8.27. The minimum absolute atomic E-state index is 0.301. The van der Waals surface area contributed by atoms with Crippen LogP contribution in [0.15, 0.2) is 17.0 Å². The van der Waals surface area contributed by atoms with Gasteiger partial charge in [0.15, 0.2) is 0 Å². The number of hydrogen-bond acceptors (Lipinski definition) is 3. The molecule has 0 atom stereocenters. The van der Waals surface area contributed by atoms with Gasteiger partial charge in [0.05, 0.1) is 4.90 Å². The molecule has 1 aromatic rings. The van der Waals surface area contributed by atoms with E-state index in [2.05, 4.69) is 0 Å². The number of benzene rings is 1. The summed E-state index contributed by atoms with van der Waals surface area (Å²) in [5.74, 6) is 0. The lowest BCUT2D eigenvalue weighted by atomic mass is 10.1. The maximum atomic E-state index is 12.6. The van der Waals surface area contributed by atoms with Crippen molar-refractivity contribution in [2.24, 2.45) is 0 Å². The van der Waals surface area contributed by atoms with Gasteiger partial charge >= 0.3 is 0 Å². The van der Waals surface area contributed by atoms with Crippen molar-refractivity contribution in [2.75, 3.05) is 18.8 Å². The molecule has 0 amide bonds. The van der Waals surface area contributed by atoms with Crippen LogP contribution in [0.5, 0.6) is 0 Å². The first-order valence-corrected chi connectivity index (χ1v) is 8.15. The summed E-state index contributed by atoms with van der Waals surface area (Å²) in [6, 6.07) is 3.27. The van der Waals surface area contributed by atoms with Crippen molar-refractivity contribution in [1.82, 2.24) is 4.31 Å². The van der Waals surface area contributed by atoms with Crippen LogP contribution in [-0.4, -0.2) is 25.8 Å². The molecule has 0 unspecified atom stereocenters. The summed E-state index contributed by atoms with van der Waals surface area (Å²) in [6.07, 6.45) is 1.61. The Bertz CT molecular complexity index is 509. The average Bonchev–Trinajstić information content (AvgIpc) is 2.35. The van der Waals surface area contributed by atoms with E-state index < -0.39 is 10.0 Å². The van der Waals surface area contributed by atoms with E-state index in [1.165, 1.54) is 4.31 Å². The monoisotopic (exact) mass is 284 g/mol. The van der Waals surface area contributed by atoms with Gasteiger partial charge in [0, 0.05) is 18.8 Å². The molecular weight excluding hydrogens is 260 g/mol. The quantitative estimate of drug-likeness (QED) is 0.817. The second-order valence-electron chi connectivity index (χ2n) is 4.86. The molecule has 0 aromatic heterocycles. The molecule has 2 N–H and O–H groups in total. The highest BCUT2D eigenvalue weighted by molar-refractivity contribution is 7.89. The van der Waals surface area contributed by atoms with Crippen LogP contribution in [0, 0.1) is 13.8 Å². The fourth-order valence-electron chi connectivity index (χ4n) is 2.00. The van der Waals surface area contributed by atoms with E-state index in [-0.39, 0.29) is 0 Å². The summed E-state index contributed by atoms with van der Waals surface area (Å²) in [5, 5.41) is 0. The van der Waals surface area contributed by atoms with Crippen molar-refractivity contribution in [2.45, 2.75) is 45.4 Å². The Labute approximate surface area is 116 Å². The SMILES string of the molecule is CCCN(CCC)S(=O)(=O)c1cc(C)c(C)c(N)c1. The fraction of sp³-hybridized carbons (Fsp3) is 0.571. The van der Waals surface area contributed by atoms with Crippen LogP contribution in [-0.2, 0) is 10.0 Å². The molecule has 108 valence electrons. The molecule has 0 aliphatic heterocycles. The molecule has 0 aliphatic rings. The van der Waals surface area contributed by atoms with Gasteiger partial charge in [-0.25, -0.2) is 8.42 Å². The van der Waals surface area contributed by atoms with E-state index in [9.17, 15) is 8.42 Å². The van der Waals surface area contributed by atoms with Crippen molar-refractivity contribution in [3.05, 3.63) is 23.3 Å². The summed E-state index contributed by atoms with van der Waals surface area (Å²) in [7, 11) is -3.43. The highest BCUT2D eigenvalue weighted by Gasteiger charge is 2.24.